The number of halogens is 2. The van der Waals surface area contributed by atoms with Gasteiger partial charge in [0.05, 0.1) is 0 Å². The van der Waals surface area contributed by atoms with Crippen LogP contribution in [0.1, 0.15) is 19.3 Å². The quantitative estimate of drug-likeness (QED) is 0.583. The Morgan fingerprint density at radius 3 is 2.86 bits per heavy atom. The molecule has 5 heteroatoms. The van der Waals surface area contributed by atoms with Crippen LogP contribution in [0.2, 0.25) is 0 Å². The van der Waals surface area contributed by atoms with Gasteiger partial charge in [0.2, 0.25) is 0 Å². The standard InChI is InChI=1S/C9H11Cl2NO2/c10-7-3-6(1-2-8(13)14)4-9(11,12)5-7/h3,5H,1-2,4,12H2,(H,13,14). The number of hydrogen-bond acceptors (Lipinski definition) is 2. The van der Waals surface area contributed by atoms with E-state index in [0.717, 1.165) is 5.57 Å². The number of carboxylic acid groups (broad SMARTS) is 1. The lowest BCUT2D eigenvalue weighted by molar-refractivity contribution is -0.136. The third-order valence-electron chi connectivity index (χ3n) is 1.88. The molecule has 1 aliphatic rings. The number of nitrogens with two attached hydrogens (primary N) is 1. The lowest BCUT2D eigenvalue weighted by atomic mass is 9.97. The molecule has 1 rings (SSSR count). The van der Waals surface area contributed by atoms with Crippen LogP contribution in [0.25, 0.3) is 0 Å². The van der Waals surface area contributed by atoms with Crippen LogP contribution in [0.3, 0.4) is 0 Å². The van der Waals surface area contributed by atoms with Crippen molar-refractivity contribution in [2.45, 2.75) is 24.3 Å². The molecule has 0 fully saturated rings. The number of aliphatic carboxylic acids is 1. The van der Waals surface area contributed by atoms with Gasteiger partial charge in [-0.1, -0.05) is 28.8 Å². The number of alkyl halides is 1. The highest BCUT2D eigenvalue weighted by Gasteiger charge is 2.24. The fourth-order valence-electron chi connectivity index (χ4n) is 1.34. The van der Waals surface area contributed by atoms with Gasteiger partial charge < -0.3 is 10.8 Å². The Hall–Kier alpha value is -0.510. The summed E-state index contributed by atoms with van der Waals surface area (Å²) in [5.74, 6) is -0.839. The van der Waals surface area contributed by atoms with E-state index in [1.807, 2.05) is 0 Å². The van der Waals surface area contributed by atoms with E-state index in [-0.39, 0.29) is 6.42 Å². The molecule has 0 radical (unpaired) electrons. The summed E-state index contributed by atoms with van der Waals surface area (Å²) < 4.78 is 0. The number of allylic oxidation sites excluding steroid dienone is 2. The van der Waals surface area contributed by atoms with E-state index < -0.39 is 11.0 Å². The van der Waals surface area contributed by atoms with Crippen LogP contribution in [-0.4, -0.2) is 16.1 Å². The summed E-state index contributed by atoms with van der Waals surface area (Å²) in [6, 6.07) is 0. The summed E-state index contributed by atoms with van der Waals surface area (Å²) in [7, 11) is 0. The molecule has 0 saturated heterocycles. The van der Waals surface area contributed by atoms with Crippen LogP contribution < -0.4 is 5.73 Å². The number of rotatable bonds is 3. The van der Waals surface area contributed by atoms with Crippen molar-refractivity contribution in [2.24, 2.45) is 5.73 Å². The van der Waals surface area contributed by atoms with Crippen LogP contribution in [0.5, 0.6) is 0 Å². The Morgan fingerprint density at radius 1 is 1.71 bits per heavy atom. The van der Waals surface area contributed by atoms with Crippen LogP contribution in [0.15, 0.2) is 22.8 Å². The van der Waals surface area contributed by atoms with Crippen molar-refractivity contribution in [1.82, 2.24) is 0 Å². The first-order chi connectivity index (χ1) is 6.39. The van der Waals surface area contributed by atoms with Gasteiger partial charge in [-0.15, -0.1) is 0 Å². The Morgan fingerprint density at radius 2 is 2.36 bits per heavy atom. The normalized spacial score (nSPS) is 26.8. The maximum atomic E-state index is 10.3. The maximum absolute atomic E-state index is 10.3. The van der Waals surface area contributed by atoms with Gasteiger partial charge in [0.25, 0.3) is 0 Å². The molecule has 0 aliphatic heterocycles. The fraction of sp³-hybridized carbons (Fsp3) is 0.444. The van der Waals surface area contributed by atoms with Gasteiger partial charge in [0.1, 0.15) is 5.00 Å². The first-order valence-electron chi connectivity index (χ1n) is 4.16. The molecule has 0 amide bonds. The van der Waals surface area contributed by atoms with E-state index >= 15 is 0 Å². The molecule has 1 aliphatic carbocycles. The maximum Gasteiger partial charge on any atom is 0.303 e. The molecule has 0 saturated carbocycles. The van der Waals surface area contributed by atoms with Crippen molar-refractivity contribution in [3.05, 3.63) is 22.8 Å². The Kier molecular flexibility index (Phi) is 3.59. The molecule has 3 N–H and O–H groups in total. The predicted octanol–water partition coefficient (Wildman–Crippen LogP) is 2.20. The van der Waals surface area contributed by atoms with Gasteiger partial charge >= 0.3 is 5.97 Å². The minimum atomic E-state index is -0.973. The lowest BCUT2D eigenvalue weighted by Crippen LogP contribution is -2.32. The average molecular weight is 236 g/mol. The van der Waals surface area contributed by atoms with Gasteiger partial charge in [-0.3, -0.25) is 4.79 Å². The zero-order chi connectivity index (χ0) is 10.8. The second kappa shape index (κ2) is 4.34. The molecule has 1 atom stereocenters. The van der Waals surface area contributed by atoms with Crippen molar-refractivity contribution in [3.8, 4) is 0 Å². The first kappa shape index (κ1) is 11.6. The third-order valence-corrected chi connectivity index (χ3v) is 2.34. The van der Waals surface area contributed by atoms with E-state index in [1.165, 1.54) is 0 Å². The van der Waals surface area contributed by atoms with Crippen LogP contribution in [-0.2, 0) is 4.79 Å². The topological polar surface area (TPSA) is 63.3 Å². The van der Waals surface area contributed by atoms with Crippen molar-refractivity contribution < 1.29 is 9.90 Å². The van der Waals surface area contributed by atoms with E-state index in [2.05, 4.69) is 0 Å². The highest BCUT2D eigenvalue weighted by atomic mass is 35.5. The van der Waals surface area contributed by atoms with Gasteiger partial charge in [-0.05, 0) is 18.6 Å². The second-order valence-corrected chi connectivity index (χ2v) is 4.47. The lowest BCUT2D eigenvalue weighted by Gasteiger charge is -2.23. The number of carbonyl (C=O) groups is 1. The highest BCUT2D eigenvalue weighted by Crippen LogP contribution is 2.31. The molecule has 0 aromatic carbocycles. The molecule has 0 aromatic rings. The SMILES string of the molecule is NC1(Cl)C=C(Cl)C=C(CCC(=O)O)C1. The minimum absolute atomic E-state index is 0.0724. The highest BCUT2D eigenvalue weighted by molar-refractivity contribution is 6.33. The summed E-state index contributed by atoms with van der Waals surface area (Å²) in [5, 5.41) is 8.97. The Labute approximate surface area is 92.2 Å². The molecular weight excluding hydrogens is 225 g/mol. The molecular formula is C9H11Cl2NO2. The molecule has 78 valence electrons. The van der Waals surface area contributed by atoms with E-state index in [0.29, 0.717) is 17.9 Å². The van der Waals surface area contributed by atoms with E-state index in [4.69, 9.17) is 34.0 Å². The Bertz CT molecular complexity index is 308. The van der Waals surface area contributed by atoms with E-state index in [9.17, 15) is 4.79 Å². The van der Waals surface area contributed by atoms with E-state index in [1.54, 1.807) is 12.2 Å². The van der Waals surface area contributed by atoms with Crippen molar-refractivity contribution in [2.75, 3.05) is 0 Å². The summed E-state index contributed by atoms with van der Waals surface area (Å²) in [4.78, 5) is 9.37. The summed E-state index contributed by atoms with van der Waals surface area (Å²) in [5.41, 5.74) is 6.55. The molecule has 0 aromatic heterocycles. The van der Waals surface area contributed by atoms with Crippen molar-refractivity contribution in [3.63, 3.8) is 0 Å². The van der Waals surface area contributed by atoms with Gasteiger partial charge in [-0.2, -0.15) is 0 Å². The summed E-state index contributed by atoms with van der Waals surface area (Å²) in [6.07, 6.45) is 4.23. The summed E-state index contributed by atoms with van der Waals surface area (Å²) >= 11 is 11.7. The smallest absolute Gasteiger partial charge is 0.303 e. The Balaban J connectivity index is 2.63. The largest absolute Gasteiger partial charge is 0.481 e. The van der Waals surface area contributed by atoms with Gasteiger partial charge in [-0.25, -0.2) is 0 Å². The fourth-order valence-corrected chi connectivity index (χ4v) is 2.04. The molecule has 0 heterocycles. The zero-order valence-electron chi connectivity index (χ0n) is 7.46. The average Bonchev–Trinajstić information content (AvgIpc) is 1.96. The van der Waals surface area contributed by atoms with Crippen molar-refractivity contribution in [1.29, 1.82) is 0 Å². The molecule has 0 spiro atoms. The zero-order valence-corrected chi connectivity index (χ0v) is 8.98. The predicted molar refractivity (Wildman–Crippen MR) is 56.3 cm³/mol. The van der Waals surface area contributed by atoms with Crippen molar-refractivity contribution >= 4 is 29.2 Å². The first-order valence-corrected chi connectivity index (χ1v) is 4.92. The molecule has 1 unspecified atom stereocenters. The van der Waals surface area contributed by atoms with Gasteiger partial charge in [0.15, 0.2) is 0 Å². The molecule has 0 bridgehead atoms. The number of carboxylic acids is 1. The van der Waals surface area contributed by atoms with Gasteiger partial charge in [0, 0.05) is 17.9 Å². The third kappa shape index (κ3) is 3.70. The molecule has 3 nitrogen and oxygen atoms in total. The van der Waals surface area contributed by atoms with Crippen LogP contribution in [0, 0.1) is 0 Å². The minimum Gasteiger partial charge on any atom is -0.481 e. The number of hydrogen-bond donors (Lipinski definition) is 2. The van der Waals surface area contributed by atoms with Crippen LogP contribution >= 0.6 is 23.2 Å². The van der Waals surface area contributed by atoms with Crippen LogP contribution in [0.4, 0.5) is 0 Å². The molecule has 14 heavy (non-hydrogen) atoms. The second-order valence-electron chi connectivity index (χ2n) is 3.33. The monoisotopic (exact) mass is 235 g/mol. The summed E-state index contributed by atoms with van der Waals surface area (Å²) in [6.45, 7) is 0.